The summed E-state index contributed by atoms with van der Waals surface area (Å²) < 4.78 is 5.53. The number of nitrogens with one attached hydrogen (secondary N) is 1. The van der Waals surface area contributed by atoms with Crippen molar-refractivity contribution in [2.75, 3.05) is 31.1 Å². The molecule has 1 aliphatic heterocycles. The van der Waals surface area contributed by atoms with Gasteiger partial charge in [-0.2, -0.15) is 0 Å². The number of amides is 1. The Balaban J connectivity index is 1.73. The smallest absolute Gasteiger partial charge is 0.246 e. The predicted octanol–water partition coefficient (Wildman–Crippen LogP) is 2.31. The Hall–Kier alpha value is -3.30. The minimum atomic E-state index is -0.791. The number of carbonyl (C=O) groups excluding carboxylic acids is 1. The average Bonchev–Trinajstić information content (AvgIpc) is 2.77. The number of benzene rings is 1. The van der Waals surface area contributed by atoms with Crippen LogP contribution in [0, 0.1) is 0 Å². The highest BCUT2D eigenvalue weighted by Crippen LogP contribution is 2.35. The minimum absolute atomic E-state index is 0.365. The van der Waals surface area contributed by atoms with Gasteiger partial charge in [0, 0.05) is 36.6 Å². The number of ether oxygens (including phenoxy) is 1. The highest BCUT2D eigenvalue weighted by molar-refractivity contribution is 6.33. The van der Waals surface area contributed by atoms with Crippen molar-refractivity contribution in [2.45, 2.75) is 19.4 Å². The van der Waals surface area contributed by atoms with Crippen molar-refractivity contribution in [1.82, 2.24) is 25.5 Å². The zero-order valence-corrected chi connectivity index (χ0v) is 18.6. The average molecular weight is 454 g/mol. The van der Waals surface area contributed by atoms with Crippen LogP contribution in [-0.4, -0.2) is 57.9 Å². The molecule has 166 valence electrons. The first-order valence-electron chi connectivity index (χ1n) is 10.3. The van der Waals surface area contributed by atoms with E-state index in [0.29, 0.717) is 54.2 Å². The number of anilines is 1. The van der Waals surface area contributed by atoms with E-state index in [1.54, 1.807) is 18.5 Å². The van der Waals surface area contributed by atoms with Gasteiger partial charge in [-0.15, -0.1) is 10.2 Å². The highest BCUT2D eigenvalue weighted by atomic mass is 35.5. The third-order valence-electron chi connectivity index (χ3n) is 5.33. The fourth-order valence-corrected chi connectivity index (χ4v) is 3.93. The molecular weight excluding hydrogens is 430 g/mol. The molecule has 2 aromatic heterocycles. The van der Waals surface area contributed by atoms with Crippen LogP contribution in [0.3, 0.4) is 0 Å². The summed E-state index contributed by atoms with van der Waals surface area (Å²) in [5.41, 5.74) is 7.50. The Morgan fingerprint density at radius 2 is 1.94 bits per heavy atom. The molecule has 0 bridgehead atoms. The molecule has 3 heterocycles. The standard InChI is InChI=1S/C22H24ClN7O2/c1-3-26-22(20(24)31)12-30(13-22)21-27-19(16-9-10-25-11-17(16)23)18(28-29-21)14-5-7-15(8-6-14)32-4-2/h5-11,26H,3-4,12-13H2,1-2H3,(H2,24,31). The van der Waals surface area contributed by atoms with Gasteiger partial charge in [0.15, 0.2) is 0 Å². The largest absolute Gasteiger partial charge is 0.494 e. The molecule has 1 saturated heterocycles. The van der Waals surface area contributed by atoms with Crippen LogP contribution in [0.4, 0.5) is 5.95 Å². The van der Waals surface area contributed by atoms with E-state index in [2.05, 4.69) is 20.5 Å². The van der Waals surface area contributed by atoms with Gasteiger partial charge in [0.05, 0.1) is 11.6 Å². The number of rotatable bonds is 8. The van der Waals surface area contributed by atoms with Crippen LogP contribution in [0.2, 0.25) is 5.02 Å². The maximum atomic E-state index is 12.0. The van der Waals surface area contributed by atoms with Gasteiger partial charge in [-0.1, -0.05) is 18.5 Å². The SMILES string of the molecule is CCNC1(C(N)=O)CN(c2nnc(-c3ccc(OCC)cc3)c(-c3ccncc3Cl)n2)C1. The number of likely N-dealkylation sites (N-methyl/N-ethyl adjacent to an activating group) is 1. The number of nitrogens with zero attached hydrogens (tertiary/aromatic N) is 5. The summed E-state index contributed by atoms with van der Waals surface area (Å²) in [6, 6.07) is 9.35. The van der Waals surface area contributed by atoms with Gasteiger partial charge < -0.3 is 20.7 Å². The molecule has 0 saturated carbocycles. The lowest BCUT2D eigenvalue weighted by Gasteiger charge is -2.48. The molecule has 0 atom stereocenters. The zero-order valence-electron chi connectivity index (χ0n) is 17.9. The van der Waals surface area contributed by atoms with Crippen LogP contribution in [-0.2, 0) is 4.79 Å². The number of hydrogen-bond acceptors (Lipinski definition) is 8. The van der Waals surface area contributed by atoms with Crippen molar-refractivity contribution < 1.29 is 9.53 Å². The van der Waals surface area contributed by atoms with Crippen molar-refractivity contribution in [3.8, 4) is 28.3 Å². The molecule has 0 spiro atoms. The first-order chi connectivity index (χ1) is 15.5. The number of hydrogen-bond donors (Lipinski definition) is 2. The van der Waals surface area contributed by atoms with E-state index in [4.69, 9.17) is 27.1 Å². The second kappa shape index (κ2) is 9.05. The summed E-state index contributed by atoms with van der Waals surface area (Å²) in [4.78, 5) is 22.7. The number of carbonyl (C=O) groups is 1. The fraction of sp³-hybridized carbons (Fsp3) is 0.318. The summed E-state index contributed by atoms with van der Waals surface area (Å²) in [7, 11) is 0. The normalized spacial score (nSPS) is 14.7. The van der Waals surface area contributed by atoms with Gasteiger partial charge in [-0.25, -0.2) is 4.98 Å². The molecule has 1 fully saturated rings. The number of aromatic nitrogens is 4. The lowest BCUT2D eigenvalue weighted by molar-refractivity contribution is -0.125. The van der Waals surface area contributed by atoms with Crippen LogP contribution in [0.5, 0.6) is 5.75 Å². The van der Waals surface area contributed by atoms with Crippen LogP contribution in [0.1, 0.15) is 13.8 Å². The maximum Gasteiger partial charge on any atom is 0.246 e. The Kier molecular flexibility index (Phi) is 6.20. The first kappa shape index (κ1) is 21.9. The van der Waals surface area contributed by atoms with Crippen LogP contribution < -0.4 is 20.7 Å². The summed E-state index contributed by atoms with van der Waals surface area (Å²) in [6.07, 6.45) is 3.21. The molecule has 3 N–H and O–H groups in total. The van der Waals surface area contributed by atoms with Gasteiger partial charge in [0.1, 0.15) is 22.7 Å². The molecule has 1 aliphatic rings. The maximum absolute atomic E-state index is 12.0. The summed E-state index contributed by atoms with van der Waals surface area (Å²) in [6.45, 7) is 5.81. The van der Waals surface area contributed by atoms with Gasteiger partial charge in [-0.3, -0.25) is 9.78 Å². The molecule has 1 amide bonds. The van der Waals surface area contributed by atoms with E-state index in [1.165, 1.54) is 0 Å². The number of primary amides is 1. The van der Waals surface area contributed by atoms with Crippen molar-refractivity contribution >= 4 is 23.5 Å². The van der Waals surface area contributed by atoms with E-state index in [0.717, 1.165) is 11.3 Å². The second-order valence-electron chi connectivity index (χ2n) is 7.45. The zero-order chi connectivity index (χ0) is 22.7. The molecule has 3 aromatic rings. The minimum Gasteiger partial charge on any atom is -0.494 e. The summed E-state index contributed by atoms with van der Waals surface area (Å²) in [5.74, 6) is 0.772. The topological polar surface area (TPSA) is 119 Å². The molecule has 9 nitrogen and oxygen atoms in total. The third-order valence-corrected chi connectivity index (χ3v) is 5.63. The van der Waals surface area contributed by atoms with Gasteiger partial charge in [0.25, 0.3) is 0 Å². The molecule has 32 heavy (non-hydrogen) atoms. The molecule has 0 aliphatic carbocycles. The van der Waals surface area contributed by atoms with E-state index >= 15 is 0 Å². The monoisotopic (exact) mass is 453 g/mol. The molecule has 0 unspecified atom stereocenters. The Morgan fingerprint density at radius 3 is 2.56 bits per heavy atom. The fourth-order valence-electron chi connectivity index (χ4n) is 3.72. The summed E-state index contributed by atoms with van der Waals surface area (Å²) in [5, 5.41) is 12.4. The number of halogens is 1. The summed E-state index contributed by atoms with van der Waals surface area (Å²) >= 11 is 6.44. The van der Waals surface area contributed by atoms with Crippen molar-refractivity contribution in [2.24, 2.45) is 5.73 Å². The van der Waals surface area contributed by atoms with Gasteiger partial charge >= 0.3 is 0 Å². The second-order valence-corrected chi connectivity index (χ2v) is 7.86. The Bertz CT molecular complexity index is 1120. The van der Waals surface area contributed by atoms with Crippen molar-refractivity contribution in [1.29, 1.82) is 0 Å². The molecule has 4 rings (SSSR count). The van der Waals surface area contributed by atoms with Crippen molar-refractivity contribution in [3.63, 3.8) is 0 Å². The van der Waals surface area contributed by atoms with Gasteiger partial charge in [-0.05, 0) is 43.8 Å². The number of nitrogens with two attached hydrogens (primary N) is 1. The lowest BCUT2D eigenvalue weighted by atomic mass is 9.89. The van der Waals surface area contributed by atoms with E-state index in [1.807, 2.05) is 43.0 Å². The Morgan fingerprint density at radius 1 is 1.19 bits per heavy atom. The van der Waals surface area contributed by atoms with Crippen LogP contribution in [0.15, 0.2) is 42.7 Å². The Labute approximate surface area is 191 Å². The molecule has 1 aromatic carbocycles. The van der Waals surface area contributed by atoms with E-state index in [-0.39, 0.29) is 0 Å². The molecular formula is C22H24ClN7O2. The number of pyridine rings is 1. The first-order valence-corrected chi connectivity index (χ1v) is 10.7. The van der Waals surface area contributed by atoms with E-state index < -0.39 is 11.4 Å². The molecule has 10 heteroatoms. The quantitative estimate of drug-likeness (QED) is 0.533. The lowest BCUT2D eigenvalue weighted by Crippen LogP contribution is -2.75. The predicted molar refractivity (Wildman–Crippen MR) is 122 cm³/mol. The third kappa shape index (κ3) is 4.09. The van der Waals surface area contributed by atoms with Gasteiger partial charge in [0.2, 0.25) is 11.9 Å². The van der Waals surface area contributed by atoms with Crippen LogP contribution >= 0.6 is 11.6 Å². The van der Waals surface area contributed by atoms with Crippen LogP contribution in [0.25, 0.3) is 22.5 Å². The molecule has 0 radical (unpaired) electrons. The highest BCUT2D eigenvalue weighted by Gasteiger charge is 2.48. The van der Waals surface area contributed by atoms with E-state index in [9.17, 15) is 4.79 Å². The van der Waals surface area contributed by atoms with Crippen molar-refractivity contribution in [3.05, 3.63) is 47.7 Å².